The lowest BCUT2D eigenvalue weighted by Crippen LogP contribution is -2.69. The van der Waals surface area contributed by atoms with Crippen LogP contribution in [0, 0.1) is 5.92 Å². The van der Waals surface area contributed by atoms with E-state index in [0.717, 1.165) is 0 Å². The number of nitrogens with one attached hydrogen (secondary N) is 5. The van der Waals surface area contributed by atoms with Gasteiger partial charge in [0, 0.05) is 12.8 Å². The largest absolute Gasteiger partial charge is 0.480 e. The molecule has 0 heterocycles. The molecular formula is C24H48N9O7S+. The summed E-state index contributed by atoms with van der Waals surface area (Å²) >= 11 is 1.45. The molecule has 0 saturated carbocycles. The standard InChI is InChI=1S/C24H47N9O7S/c1-4-13(2)19(23(39)40)33-22(38)16(9-11-41-3)31-18(35)12-30-21(37)15(6-5-10-29-24(27)28)32-20(36)14(25)7-8-17(26)34/h13-16,19,24,29H,4-12,25,27-28H2,1-3H3,(H2,26,34)(H,30,37)(H,31,35)(H,32,36)(H,33,38)(H,39,40)/p+1/t13-,14-,15-,16-,19-/m0/s1. The number of primary amides is 1. The topological polar surface area (TPSA) is 289 Å². The number of thioether (sulfide) groups is 1. The fourth-order valence-corrected chi connectivity index (χ4v) is 4.03. The minimum atomic E-state index is -1.18. The number of aliphatic carboxylic acids is 1. The molecule has 0 aromatic rings. The number of carboxylic acids is 1. The molecule has 0 radical (unpaired) electrons. The molecule has 15 N–H and O–H groups in total. The molecule has 0 aliphatic heterocycles. The summed E-state index contributed by atoms with van der Waals surface area (Å²) in [6.07, 6.45) is 2.45. The average Bonchev–Trinajstić information content (AvgIpc) is 2.91. The van der Waals surface area contributed by atoms with Gasteiger partial charge in [0.25, 0.3) is 5.91 Å². The van der Waals surface area contributed by atoms with Gasteiger partial charge in [-0.15, -0.1) is 0 Å². The SMILES string of the molecule is CC[C@H](C)[C@H](NC(=O)[C@H](CCSC)NC(=O)CNC(=O)[C@H](CCCNC(N)N)NC(=O)[C@@H]([NH3+])CCC(N)=O)C(=O)O. The number of amides is 5. The van der Waals surface area contributed by atoms with Gasteiger partial charge in [0.05, 0.1) is 6.54 Å². The first kappa shape index (κ1) is 38.0. The summed E-state index contributed by atoms with van der Waals surface area (Å²) in [4.78, 5) is 73.6. The second kappa shape index (κ2) is 20.8. The van der Waals surface area contributed by atoms with Gasteiger partial charge in [0.15, 0.2) is 6.04 Å². The van der Waals surface area contributed by atoms with E-state index in [1.54, 1.807) is 13.8 Å². The van der Waals surface area contributed by atoms with Gasteiger partial charge in [-0.2, -0.15) is 11.8 Å². The van der Waals surface area contributed by atoms with Crippen molar-refractivity contribution < 1.29 is 39.6 Å². The molecule has 16 nitrogen and oxygen atoms in total. The van der Waals surface area contributed by atoms with E-state index in [0.29, 0.717) is 25.1 Å². The van der Waals surface area contributed by atoms with Gasteiger partial charge in [0.1, 0.15) is 24.4 Å². The van der Waals surface area contributed by atoms with Crippen LogP contribution in [-0.2, 0) is 28.8 Å². The lowest BCUT2D eigenvalue weighted by atomic mass is 9.99. The van der Waals surface area contributed by atoms with Crippen molar-refractivity contribution >= 4 is 47.3 Å². The van der Waals surface area contributed by atoms with Gasteiger partial charge in [0.2, 0.25) is 23.6 Å². The van der Waals surface area contributed by atoms with Crippen molar-refractivity contribution in [1.82, 2.24) is 26.6 Å². The molecule has 0 aromatic carbocycles. The van der Waals surface area contributed by atoms with Crippen molar-refractivity contribution in [1.29, 1.82) is 0 Å². The Balaban J connectivity index is 5.30. The quantitative estimate of drug-likeness (QED) is 0.0417. The molecule has 0 aliphatic carbocycles. The molecular weight excluding hydrogens is 558 g/mol. The third kappa shape index (κ3) is 16.8. The maximum Gasteiger partial charge on any atom is 0.326 e. The van der Waals surface area contributed by atoms with E-state index in [1.165, 1.54) is 11.8 Å². The summed E-state index contributed by atoms with van der Waals surface area (Å²) in [6.45, 7) is 3.37. The van der Waals surface area contributed by atoms with Crippen LogP contribution in [0.15, 0.2) is 0 Å². The number of quaternary nitrogens is 1. The highest BCUT2D eigenvalue weighted by Crippen LogP contribution is 2.09. The molecule has 0 bridgehead atoms. The average molecular weight is 607 g/mol. The van der Waals surface area contributed by atoms with Crippen molar-refractivity contribution in [2.75, 3.05) is 25.1 Å². The molecule has 0 aromatic heterocycles. The molecule has 0 saturated heterocycles. The summed E-state index contributed by atoms with van der Waals surface area (Å²) < 4.78 is 0. The van der Waals surface area contributed by atoms with Crippen LogP contribution in [0.25, 0.3) is 0 Å². The second-order valence-corrected chi connectivity index (χ2v) is 10.7. The van der Waals surface area contributed by atoms with Crippen molar-refractivity contribution in [3.63, 3.8) is 0 Å². The maximum absolute atomic E-state index is 12.9. The first-order valence-electron chi connectivity index (χ1n) is 13.5. The Hall–Kier alpha value is -2.99. The zero-order valence-corrected chi connectivity index (χ0v) is 24.9. The van der Waals surface area contributed by atoms with E-state index in [2.05, 4.69) is 32.3 Å². The molecule has 0 aliphatic rings. The summed E-state index contributed by atoms with van der Waals surface area (Å²) in [7, 11) is 0. The van der Waals surface area contributed by atoms with Gasteiger partial charge in [-0.1, -0.05) is 20.3 Å². The van der Waals surface area contributed by atoms with Gasteiger partial charge in [-0.05, 0) is 43.7 Å². The molecule has 0 unspecified atom stereocenters. The monoisotopic (exact) mass is 606 g/mol. The third-order valence-corrected chi connectivity index (χ3v) is 6.90. The Morgan fingerprint density at radius 2 is 1.56 bits per heavy atom. The Labute approximate surface area is 244 Å². The molecule has 5 atom stereocenters. The van der Waals surface area contributed by atoms with Crippen LogP contribution in [0.3, 0.4) is 0 Å². The summed E-state index contributed by atoms with van der Waals surface area (Å²) in [5.41, 5.74) is 19.7. The number of nitrogens with two attached hydrogens (primary N) is 3. The minimum absolute atomic E-state index is 0.0488. The van der Waals surface area contributed by atoms with Gasteiger partial charge >= 0.3 is 5.97 Å². The van der Waals surface area contributed by atoms with E-state index < -0.39 is 72.5 Å². The number of rotatable bonds is 22. The Kier molecular flexibility index (Phi) is 19.3. The van der Waals surface area contributed by atoms with Crippen LogP contribution in [0.2, 0.25) is 0 Å². The van der Waals surface area contributed by atoms with Crippen molar-refractivity contribution in [3.05, 3.63) is 0 Å². The highest BCUT2D eigenvalue weighted by Gasteiger charge is 2.30. The van der Waals surface area contributed by atoms with Crippen LogP contribution in [0.1, 0.15) is 52.4 Å². The smallest absolute Gasteiger partial charge is 0.326 e. The second-order valence-electron chi connectivity index (χ2n) is 9.71. The zero-order chi connectivity index (χ0) is 31.5. The van der Waals surface area contributed by atoms with Crippen LogP contribution < -0.4 is 49.5 Å². The number of hydrogen-bond donors (Lipinski definition) is 10. The van der Waals surface area contributed by atoms with Crippen molar-refractivity contribution in [3.8, 4) is 0 Å². The van der Waals surface area contributed by atoms with Gasteiger partial charge in [-0.3, -0.25) is 29.3 Å². The Morgan fingerprint density at radius 3 is 2.10 bits per heavy atom. The predicted molar refractivity (Wildman–Crippen MR) is 153 cm³/mol. The van der Waals surface area contributed by atoms with E-state index in [4.69, 9.17) is 17.2 Å². The number of carbonyl (C=O) groups is 6. The Morgan fingerprint density at radius 1 is 0.927 bits per heavy atom. The highest BCUT2D eigenvalue weighted by molar-refractivity contribution is 7.98. The van der Waals surface area contributed by atoms with Crippen LogP contribution in [0.4, 0.5) is 0 Å². The summed E-state index contributed by atoms with van der Waals surface area (Å²) in [5, 5.41) is 22.3. The minimum Gasteiger partial charge on any atom is -0.480 e. The van der Waals surface area contributed by atoms with Crippen molar-refractivity contribution in [2.24, 2.45) is 23.1 Å². The zero-order valence-electron chi connectivity index (χ0n) is 24.1. The molecule has 0 spiro atoms. The normalized spacial score (nSPS) is 14.7. The molecule has 5 amide bonds. The molecule has 236 valence electrons. The van der Waals surface area contributed by atoms with E-state index in [9.17, 15) is 33.9 Å². The van der Waals surface area contributed by atoms with Crippen LogP contribution in [-0.4, -0.2) is 96.2 Å². The number of carbonyl (C=O) groups excluding carboxylic acids is 5. The van der Waals surface area contributed by atoms with Crippen LogP contribution in [0.5, 0.6) is 0 Å². The fourth-order valence-electron chi connectivity index (χ4n) is 3.56. The lowest BCUT2D eigenvalue weighted by Gasteiger charge is -2.24. The van der Waals surface area contributed by atoms with Crippen LogP contribution >= 0.6 is 11.8 Å². The maximum atomic E-state index is 12.9. The van der Waals surface area contributed by atoms with E-state index >= 15 is 0 Å². The highest BCUT2D eigenvalue weighted by atomic mass is 32.2. The van der Waals surface area contributed by atoms with Gasteiger partial charge < -0.3 is 49.3 Å². The first-order valence-corrected chi connectivity index (χ1v) is 14.9. The molecule has 0 rings (SSSR count). The molecule has 17 heteroatoms. The molecule has 0 fully saturated rings. The number of carboxylic acid groups (broad SMARTS) is 1. The number of hydrogen-bond acceptors (Lipinski definition) is 10. The predicted octanol–water partition coefficient (Wildman–Crippen LogP) is -4.11. The fraction of sp³-hybridized carbons (Fsp3) is 0.750. The lowest BCUT2D eigenvalue weighted by molar-refractivity contribution is -0.405. The van der Waals surface area contributed by atoms with Gasteiger partial charge in [-0.25, -0.2) is 4.79 Å². The third-order valence-electron chi connectivity index (χ3n) is 6.25. The first-order chi connectivity index (χ1) is 19.2. The van der Waals surface area contributed by atoms with E-state index in [1.807, 2.05) is 6.26 Å². The molecule has 41 heavy (non-hydrogen) atoms. The van der Waals surface area contributed by atoms with Crippen molar-refractivity contribution in [2.45, 2.75) is 82.8 Å². The van der Waals surface area contributed by atoms with E-state index in [-0.39, 0.29) is 31.6 Å². The Bertz CT molecular complexity index is 878. The summed E-state index contributed by atoms with van der Waals surface area (Å²) in [5.74, 6) is -4.11. The summed E-state index contributed by atoms with van der Waals surface area (Å²) in [6, 6.07) is -4.01.